The van der Waals surface area contributed by atoms with Crippen LogP contribution in [0.3, 0.4) is 0 Å². The lowest BCUT2D eigenvalue weighted by Crippen LogP contribution is -2.51. The second kappa shape index (κ2) is 6.78. The number of benzene rings is 1. The molecule has 2 rings (SSSR count). The average Bonchev–Trinajstić information content (AvgIpc) is 2.85. The third kappa shape index (κ3) is 4.69. The van der Waals surface area contributed by atoms with E-state index in [4.69, 9.17) is 0 Å². The van der Waals surface area contributed by atoms with E-state index >= 15 is 0 Å². The monoisotopic (exact) mass is 349 g/mol. The number of rotatable bonds is 6. The fourth-order valence-corrected chi connectivity index (χ4v) is 3.64. The zero-order valence-corrected chi connectivity index (χ0v) is 15.1. The van der Waals surface area contributed by atoms with Crippen LogP contribution in [0.2, 0.25) is 0 Å². The first-order valence-electron chi connectivity index (χ1n) is 7.57. The Morgan fingerprint density at radius 3 is 2.33 bits per heavy atom. The summed E-state index contributed by atoms with van der Waals surface area (Å²) < 4.78 is 27.0. The Morgan fingerprint density at radius 2 is 1.75 bits per heavy atom. The topological polar surface area (TPSA) is 80.2 Å². The van der Waals surface area contributed by atoms with Gasteiger partial charge in [-0.05, 0) is 31.5 Å². The Hall–Kier alpha value is -2.12. The molecule has 0 saturated heterocycles. The van der Waals surface area contributed by atoms with Crippen LogP contribution < -0.4 is 10.0 Å². The van der Waals surface area contributed by atoms with Gasteiger partial charge in [0.15, 0.2) is 0 Å². The summed E-state index contributed by atoms with van der Waals surface area (Å²) in [6.07, 6.45) is 1.10. The van der Waals surface area contributed by atoms with Gasteiger partial charge in [0.25, 0.3) is 5.91 Å². The third-order valence-corrected chi connectivity index (χ3v) is 4.50. The summed E-state index contributed by atoms with van der Waals surface area (Å²) in [6, 6.07) is 13.4. The van der Waals surface area contributed by atoms with Gasteiger partial charge in [-0.2, -0.15) is 0 Å². The number of hydrogen-bond donors (Lipinski definition) is 2. The van der Waals surface area contributed by atoms with Gasteiger partial charge >= 0.3 is 0 Å². The van der Waals surface area contributed by atoms with Crippen LogP contribution in [0.1, 0.15) is 24.3 Å². The Balaban J connectivity index is 2.10. The van der Waals surface area contributed by atoms with Crippen LogP contribution in [0, 0.1) is 0 Å². The van der Waals surface area contributed by atoms with E-state index in [2.05, 4.69) is 10.0 Å². The molecule has 24 heavy (non-hydrogen) atoms. The van der Waals surface area contributed by atoms with E-state index in [1.807, 2.05) is 48.0 Å². The maximum Gasteiger partial charge on any atom is 0.267 e. The van der Waals surface area contributed by atoms with E-state index in [-0.39, 0.29) is 12.5 Å². The second-order valence-corrected chi connectivity index (χ2v) is 8.22. The minimum absolute atomic E-state index is 0.185. The summed E-state index contributed by atoms with van der Waals surface area (Å²) in [4.78, 5) is 12.4. The minimum Gasteiger partial charge on any atom is -0.349 e. The maximum atomic E-state index is 12.4. The summed E-state index contributed by atoms with van der Waals surface area (Å²) in [7, 11) is -1.51. The Bertz CT molecular complexity index is 824. The molecule has 2 N–H and O–H groups in total. The minimum atomic E-state index is -3.34. The molecule has 1 heterocycles. The molecule has 0 fully saturated rings. The molecule has 0 radical (unpaired) electrons. The maximum absolute atomic E-state index is 12.4. The summed E-state index contributed by atoms with van der Waals surface area (Å²) in [5, 5.41) is 2.78. The molecule has 0 unspecified atom stereocenters. The molecule has 2 aromatic rings. The number of nitrogens with one attached hydrogen (secondary N) is 2. The summed E-state index contributed by atoms with van der Waals surface area (Å²) in [5.41, 5.74) is 1.72. The third-order valence-electron chi connectivity index (χ3n) is 3.58. The van der Waals surface area contributed by atoms with E-state index in [9.17, 15) is 13.2 Å². The van der Waals surface area contributed by atoms with E-state index in [1.165, 1.54) is 0 Å². The Morgan fingerprint density at radius 1 is 1.12 bits per heavy atom. The zero-order valence-electron chi connectivity index (χ0n) is 14.3. The van der Waals surface area contributed by atoms with Crippen molar-refractivity contribution in [1.82, 2.24) is 14.6 Å². The molecule has 0 bridgehead atoms. The lowest BCUT2D eigenvalue weighted by molar-refractivity contribution is 0.0936. The number of amides is 1. The highest BCUT2D eigenvalue weighted by atomic mass is 32.2. The van der Waals surface area contributed by atoms with Crippen LogP contribution in [-0.2, 0) is 17.1 Å². The molecule has 0 atom stereocenters. The first-order chi connectivity index (χ1) is 11.1. The van der Waals surface area contributed by atoms with Gasteiger partial charge in [0.2, 0.25) is 10.0 Å². The fourth-order valence-electron chi connectivity index (χ4n) is 2.57. The van der Waals surface area contributed by atoms with Crippen LogP contribution >= 0.6 is 0 Å². The molecule has 0 aliphatic heterocycles. The van der Waals surface area contributed by atoms with Crippen molar-refractivity contribution in [3.8, 4) is 11.3 Å². The van der Waals surface area contributed by atoms with Gasteiger partial charge in [0.1, 0.15) is 5.69 Å². The number of carbonyl (C=O) groups is 1. The molecule has 130 valence electrons. The van der Waals surface area contributed by atoms with Crippen molar-refractivity contribution in [2.75, 3.05) is 12.8 Å². The van der Waals surface area contributed by atoms with E-state index in [1.54, 1.807) is 19.9 Å². The van der Waals surface area contributed by atoms with Crippen molar-refractivity contribution < 1.29 is 13.2 Å². The van der Waals surface area contributed by atoms with Crippen LogP contribution in [0.4, 0.5) is 0 Å². The zero-order chi connectivity index (χ0) is 18.0. The number of carbonyl (C=O) groups excluding carboxylic acids is 1. The Labute approximate surface area is 142 Å². The SMILES string of the molecule is Cn1c(C(=O)NCC(C)(C)NS(C)(=O)=O)ccc1-c1ccccc1. The molecule has 0 aliphatic carbocycles. The van der Waals surface area contributed by atoms with E-state index in [0.717, 1.165) is 17.5 Å². The smallest absolute Gasteiger partial charge is 0.267 e. The summed E-state index contributed by atoms with van der Waals surface area (Å²) in [6.45, 7) is 3.62. The van der Waals surface area contributed by atoms with Gasteiger partial charge in [-0.15, -0.1) is 0 Å². The van der Waals surface area contributed by atoms with E-state index in [0.29, 0.717) is 5.69 Å². The molecule has 0 aliphatic rings. The first kappa shape index (κ1) is 18.2. The van der Waals surface area contributed by atoms with Crippen molar-refractivity contribution >= 4 is 15.9 Å². The highest BCUT2D eigenvalue weighted by molar-refractivity contribution is 7.88. The van der Waals surface area contributed by atoms with Gasteiger partial charge < -0.3 is 9.88 Å². The van der Waals surface area contributed by atoms with Crippen LogP contribution in [-0.4, -0.2) is 37.2 Å². The molecule has 7 heteroatoms. The standard InChI is InChI=1S/C17H23N3O3S/c1-17(2,19-24(4,22)23)12-18-16(21)15-11-10-14(20(15)3)13-8-6-5-7-9-13/h5-11,19H,12H2,1-4H3,(H,18,21). The van der Waals surface area contributed by atoms with Crippen molar-refractivity contribution in [2.45, 2.75) is 19.4 Å². The highest BCUT2D eigenvalue weighted by Crippen LogP contribution is 2.21. The largest absolute Gasteiger partial charge is 0.349 e. The average molecular weight is 349 g/mol. The molecule has 1 amide bonds. The van der Waals surface area contributed by atoms with Crippen molar-refractivity contribution in [2.24, 2.45) is 7.05 Å². The molecule has 1 aromatic heterocycles. The van der Waals surface area contributed by atoms with Gasteiger partial charge in [-0.3, -0.25) is 4.79 Å². The highest BCUT2D eigenvalue weighted by Gasteiger charge is 2.23. The molecule has 6 nitrogen and oxygen atoms in total. The number of aromatic nitrogens is 1. The van der Waals surface area contributed by atoms with Crippen molar-refractivity contribution in [3.63, 3.8) is 0 Å². The molecule has 0 saturated carbocycles. The number of hydrogen-bond acceptors (Lipinski definition) is 3. The normalized spacial score (nSPS) is 12.2. The van der Waals surface area contributed by atoms with Gasteiger partial charge in [-0.1, -0.05) is 30.3 Å². The number of sulfonamides is 1. The quantitative estimate of drug-likeness (QED) is 0.834. The number of nitrogens with zero attached hydrogens (tertiary/aromatic N) is 1. The lowest BCUT2D eigenvalue weighted by atomic mass is 10.1. The summed E-state index contributed by atoms with van der Waals surface area (Å²) >= 11 is 0. The fraction of sp³-hybridized carbons (Fsp3) is 0.353. The van der Waals surface area contributed by atoms with Crippen LogP contribution in [0.15, 0.2) is 42.5 Å². The predicted molar refractivity (Wildman–Crippen MR) is 95.2 cm³/mol. The molecular formula is C17H23N3O3S. The van der Waals surface area contributed by atoms with Gasteiger partial charge in [0.05, 0.1) is 6.26 Å². The van der Waals surface area contributed by atoms with Gasteiger partial charge in [0, 0.05) is 24.8 Å². The first-order valence-corrected chi connectivity index (χ1v) is 9.46. The van der Waals surface area contributed by atoms with Crippen LogP contribution in [0.5, 0.6) is 0 Å². The van der Waals surface area contributed by atoms with Gasteiger partial charge in [-0.25, -0.2) is 13.1 Å². The Kier molecular flexibility index (Phi) is 5.15. The lowest BCUT2D eigenvalue weighted by Gasteiger charge is -2.25. The van der Waals surface area contributed by atoms with Crippen molar-refractivity contribution in [3.05, 3.63) is 48.2 Å². The summed E-state index contributed by atoms with van der Waals surface area (Å²) in [5.74, 6) is -0.247. The van der Waals surface area contributed by atoms with Crippen molar-refractivity contribution in [1.29, 1.82) is 0 Å². The molecule has 0 spiro atoms. The molecular weight excluding hydrogens is 326 g/mol. The van der Waals surface area contributed by atoms with E-state index < -0.39 is 15.6 Å². The predicted octanol–water partition coefficient (Wildman–Crippen LogP) is 1.75. The molecule has 1 aromatic carbocycles. The second-order valence-electron chi connectivity index (χ2n) is 6.47. The van der Waals surface area contributed by atoms with Crippen LogP contribution in [0.25, 0.3) is 11.3 Å².